The van der Waals surface area contributed by atoms with Crippen molar-refractivity contribution in [2.45, 2.75) is 13.8 Å². The van der Waals surface area contributed by atoms with Crippen molar-refractivity contribution in [3.05, 3.63) is 0 Å². The van der Waals surface area contributed by atoms with Crippen LogP contribution in [0.4, 0.5) is 0 Å². The number of hydrogen-bond acceptors (Lipinski definition) is 2. The lowest BCUT2D eigenvalue weighted by Gasteiger charge is -2.42. The maximum absolute atomic E-state index is 11.4. The van der Waals surface area contributed by atoms with Crippen LogP contribution < -0.4 is 5.32 Å². The molecule has 0 saturated carbocycles. The summed E-state index contributed by atoms with van der Waals surface area (Å²) in [7, 11) is 1.67. The second-order valence-electron chi connectivity index (χ2n) is 3.38. The predicted octanol–water partition coefficient (Wildman–Crippen LogP) is 0.405. The highest BCUT2D eigenvalue weighted by molar-refractivity contribution is 5.83. The molecular weight excluding hydrogens is 142 g/mol. The van der Waals surface area contributed by atoms with Gasteiger partial charge in [-0.2, -0.15) is 0 Å². The minimum absolute atomic E-state index is 0.110. The zero-order valence-corrected chi connectivity index (χ0v) is 7.31. The average molecular weight is 157 g/mol. The zero-order valence-electron chi connectivity index (χ0n) is 7.31. The third-order valence-corrected chi connectivity index (χ3v) is 2.50. The fourth-order valence-corrected chi connectivity index (χ4v) is 1.30. The maximum atomic E-state index is 11.4. The molecule has 0 aromatic heterocycles. The number of rotatable bonds is 2. The van der Waals surface area contributed by atoms with E-state index < -0.39 is 0 Å². The van der Waals surface area contributed by atoms with E-state index in [2.05, 4.69) is 19.2 Å². The van der Waals surface area contributed by atoms with Gasteiger partial charge in [0.25, 0.3) is 0 Å². The molecule has 1 N–H and O–H groups in total. The van der Waals surface area contributed by atoms with Crippen molar-refractivity contribution in [3.63, 3.8) is 0 Å². The van der Waals surface area contributed by atoms with Gasteiger partial charge in [0, 0.05) is 7.05 Å². The maximum Gasteiger partial charge on any atom is 0.230 e. The number of hydrogen-bond donors (Lipinski definition) is 1. The van der Waals surface area contributed by atoms with E-state index in [1.165, 1.54) is 0 Å². The van der Waals surface area contributed by atoms with Crippen LogP contribution in [0.1, 0.15) is 13.8 Å². The van der Waals surface area contributed by atoms with Crippen LogP contribution in [-0.4, -0.2) is 26.2 Å². The Morgan fingerprint density at radius 3 is 2.18 bits per heavy atom. The fourth-order valence-electron chi connectivity index (χ4n) is 1.30. The van der Waals surface area contributed by atoms with E-state index in [0.717, 1.165) is 0 Å². The third kappa shape index (κ3) is 1.13. The minimum atomic E-state index is -0.241. The molecule has 0 unspecified atom stereocenters. The molecule has 0 aromatic rings. The van der Waals surface area contributed by atoms with Gasteiger partial charge in [-0.25, -0.2) is 0 Å². The normalized spacial score (nSPS) is 21.1. The van der Waals surface area contributed by atoms with Crippen LogP contribution in [-0.2, 0) is 9.53 Å². The Kier molecular flexibility index (Phi) is 2.18. The Morgan fingerprint density at radius 2 is 2.09 bits per heavy atom. The molecule has 64 valence electrons. The Labute approximate surface area is 67.1 Å². The lowest BCUT2D eigenvalue weighted by atomic mass is 9.74. The highest BCUT2D eigenvalue weighted by atomic mass is 16.5. The van der Waals surface area contributed by atoms with E-state index in [1.54, 1.807) is 7.05 Å². The smallest absolute Gasteiger partial charge is 0.230 e. The first-order valence-electron chi connectivity index (χ1n) is 3.93. The molecule has 0 aliphatic carbocycles. The molecule has 0 spiro atoms. The molecule has 3 heteroatoms. The van der Waals surface area contributed by atoms with Crippen molar-refractivity contribution in [2.24, 2.45) is 11.3 Å². The van der Waals surface area contributed by atoms with Gasteiger partial charge in [0.2, 0.25) is 5.91 Å². The van der Waals surface area contributed by atoms with Crippen molar-refractivity contribution in [1.29, 1.82) is 0 Å². The largest absolute Gasteiger partial charge is 0.379 e. The summed E-state index contributed by atoms with van der Waals surface area (Å²) in [6.45, 7) is 5.25. The predicted molar refractivity (Wildman–Crippen MR) is 42.2 cm³/mol. The van der Waals surface area contributed by atoms with E-state index in [9.17, 15) is 4.79 Å². The van der Waals surface area contributed by atoms with Crippen molar-refractivity contribution in [2.75, 3.05) is 20.3 Å². The molecular formula is C8H15NO2. The molecule has 0 atom stereocenters. The Bertz CT molecular complexity index is 161. The van der Waals surface area contributed by atoms with Gasteiger partial charge in [0.15, 0.2) is 0 Å². The summed E-state index contributed by atoms with van der Waals surface area (Å²) in [4.78, 5) is 11.4. The van der Waals surface area contributed by atoms with Crippen LogP contribution in [0, 0.1) is 11.3 Å². The summed E-state index contributed by atoms with van der Waals surface area (Å²) in [6, 6.07) is 0. The molecule has 1 rings (SSSR count). The van der Waals surface area contributed by atoms with E-state index in [1.807, 2.05) is 0 Å². The number of carbonyl (C=O) groups is 1. The molecule has 1 aliphatic heterocycles. The number of ether oxygens (including phenoxy) is 1. The van der Waals surface area contributed by atoms with E-state index in [-0.39, 0.29) is 11.3 Å². The first-order valence-corrected chi connectivity index (χ1v) is 3.93. The number of nitrogens with one attached hydrogen (secondary N) is 1. The third-order valence-electron chi connectivity index (χ3n) is 2.50. The summed E-state index contributed by atoms with van der Waals surface area (Å²) in [5.74, 6) is 0.468. The topological polar surface area (TPSA) is 38.3 Å². The van der Waals surface area contributed by atoms with Crippen LogP contribution in [0.2, 0.25) is 0 Å². The molecule has 1 aliphatic rings. The van der Waals surface area contributed by atoms with Gasteiger partial charge in [-0.1, -0.05) is 13.8 Å². The van der Waals surface area contributed by atoms with Gasteiger partial charge in [0.1, 0.15) is 0 Å². The molecule has 0 aromatic carbocycles. The molecule has 0 radical (unpaired) electrons. The molecule has 1 saturated heterocycles. The molecule has 11 heavy (non-hydrogen) atoms. The van der Waals surface area contributed by atoms with Crippen LogP contribution in [0.3, 0.4) is 0 Å². The van der Waals surface area contributed by atoms with E-state index >= 15 is 0 Å². The highest BCUT2D eigenvalue weighted by Crippen LogP contribution is 2.35. The molecule has 1 amide bonds. The zero-order chi connectivity index (χ0) is 8.48. The van der Waals surface area contributed by atoms with Crippen molar-refractivity contribution in [1.82, 2.24) is 5.32 Å². The Morgan fingerprint density at radius 1 is 1.55 bits per heavy atom. The van der Waals surface area contributed by atoms with Crippen molar-refractivity contribution >= 4 is 5.91 Å². The van der Waals surface area contributed by atoms with Crippen molar-refractivity contribution in [3.8, 4) is 0 Å². The Hall–Kier alpha value is -0.570. The summed E-state index contributed by atoms with van der Waals surface area (Å²) >= 11 is 0. The standard InChI is InChI=1S/C8H15NO2/c1-6(2)8(4-11-5-8)7(10)9-3/h6H,4-5H2,1-3H3,(H,9,10). The monoisotopic (exact) mass is 157 g/mol. The SMILES string of the molecule is CNC(=O)C1(C(C)C)COC1. The van der Waals surface area contributed by atoms with Gasteiger partial charge in [0.05, 0.1) is 18.6 Å². The fraction of sp³-hybridized carbons (Fsp3) is 0.875. The summed E-state index contributed by atoms with van der Waals surface area (Å²) in [5.41, 5.74) is -0.241. The highest BCUT2D eigenvalue weighted by Gasteiger charge is 2.47. The quantitative estimate of drug-likeness (QED) is 0.630. The lowest BCUT2D eigenvalue weighted by Crippen LogP contribution is -2.56. The van der Waals surface area contributed by atoms with Crippen LogP contribution in [0.15, 0.2) is 0 Å². The number of carbonyl (C=O) groups excluding carboxylic acids is 1. The van der Waals surface area contributed by atoms with E-state index in [4.69, 9.17) is 4.74 Å². The molecule has 1 fully saturated rings. The first kappa shape index (κ1) is 8.53. The van der Waals surface area contributed by atoms with Gasteiger partial charge in [-0.05, 0) is 5.92 Å². The second kappa shape index (κ2) is 2.81. The summed E-state index contributed by atoms with van der Waals surface area (Å²) in [5, 5.41) is 2.67. The van der Waals surface area contributed by atoms with Gasteiger partial charge < -0.3 is 10.1 Å². The first-order chi connectivity index (χ1) is 5.13. The van der Waals surface area contributed by atoms with Gasteiger partial charge in [-0.15, -0.1) is 0 Å². The lowest BCUT2D eigenvalue weighted by molar-refractivity contribution is -0.171. The summed E-state index contributed by atoms with van der Waals surface area (Å²) < 4.78 is 5.06. The van der Waals surface area contributed by atoms with Crippen molar-refractivity contribution < 1.29 is 9.53 Å². The Balaban J connectivity index is 2.67. The van der Waals surface area contributed by atoms with E-state index in [0.29, 0.717) is 19.1 Å². The summed E-state index contributed by atoms with van der Waals surface area (Å²) in [6.07, 6.45) is 0. The molecule has 0 bridgehead atoms. The van der Waals surface area contributed by atoms with Crippen LogP contribution in [0.5, 0.6) is 0 Å². The molecule has 1 heterocycles. The second-order valence-corrected chi connectivity index (χ2v) is 3.38. The minimum Gasteiger partial charge on any atom is -0.379 e. The molecule has 3 nitrogen and oxygen atoms in total. The van der Waals surface area contributed by atoms with Gasteiger partial charge >= 0.3 is 0 Å². The van der Waals surface area contributed by atoms with Crippen LogP contribution >= 0.6 is 0 Å². The average Bonchev–Trinajstić information content (AvgIpc) is 1.84. The van der Waals surface area contributed by atoms with Gasteiger partial charge in [-0.3, -0.25) is 4.79 Å². The number of amides is 1. The van der Waals surface area contributed by atoms with Crippen LogP contribution in [0.25, 0.3) is 0 Å².